The van der Waals surface area contributed by atoms with Crippen molar-refractivity contribution in [2.75, 3.05) is 19.8 Å². The van der Waals surface area contributed by atoms with E-state index in [0.29, 0.717) is 22.8 Å². The Kier molecular flexibility index (Phi) is 7.50. The number of rotatable bonds is 8. The molecule has 8 nitrogen and oxygen atoms in total. The molecule has 0 aliphatic heterocycles. The first-order valence-electron chi connectivity index (χ1n) is 8.04. The van der Waals surface area contributed by atoms with Gasteiger partial charge in [0.1, 0.15) is 12.3 Å². The van der Waals surface area contributed by atoms with E-state index in [1.165, 1.54) is 11.3 Å². The van der Waals surface area contributed by atoms with Gasteiger partial charge in [-0.25, -0.2) is 0 Å². The maximum Gasteiger partial charge on any atom is 0.325 e. The molecule has 142 valence electrons. The van der Waals surface area contributed by atoms with E-state index in [4.69, 9.17) is 9.47 Å². The molecule has 0 radical (unpaired) electrons. The molecule has 2 aromatic rings. The van der Waals surface area contributed by atoms with Gasteiger partial charge in [-0.15, -0.1) is 11.3 Å². The molecule has 1 heterocycles. The van der Waals surface area contributed by atoms with Crippen molar-refractivity contribution in [3.05, 3.63) is 52.2 Å². The van der Waals surface area contributed by atoms with Gasteiger partial charge in [0, 0.05) is 5.56 Å². The molecule has 0 bridgehead atoms. The number of nitrogens with one attached hydrogen (secondary N) is 2. The van der Waals surface area contributed by atoms with Gasteiger partial charge in [-0.2, -0.15) is 0 Å². The summed E-state index contributed by atoms with van der Waals surface area (Å²) in [6.07, 6.45) is 0. The summed E-state index contributed by atoms with van der Waals surface area (Å²) in [7, 11) is 0. The lowest BCUT2D eigenvalue weighted by molar-refractivity contribution is -0.147. The zero-order chi connectivity index (χ0) is 19.6. The van der Waals surface area contributed by atoms with E-state index in [9.17, 15) is 19.2 Å². The number of hydrogen-bond acceptors (Lipinski definition) is 7. The minimum Gasteiger partial charge on any atom is -0.494 e. The van der Waals surface area contributed by atoms with Gasteiger partial charge in [-0.3, -0.25) is 24.5 Å². The number of ether oxygens (including phenoxy) is 2. The molecule has 0 saturated heterocycles. The summed E-state index contributed by atoms with van der Waals surface area (Å²) >= 11 is 1.18. The van der Waals surface area contributed by atoms with Crippen molar-refractivity contribution in [2.45, 2.75) is 6.92 Å². The Labute approximate surface area is 159 Å². The molecule has 0 aliphatic carbocycles. The largest absolute Gasteiger partial charge is 0.494 e. The molecule has 0 saturated carbocycles. The maximum atomic E-state index is 12.0. The lowest BCUT2D eigenvalue weighted by Crippen LogP contribution is -2.36. The van der Waals surface area contributed by atoms with Gasteiger partial charge in [0.2, 0.25) is 0 Å². The van der Waals surface area contributed by atoms with Crippen molar-refractivity contribution in [3.63, 3.8) is 0 Å². The zero-order valence-electron chi connectivity index (χ0n) is 14.5. The van der Waals surface area contributed by atoms with Gasteiger partial charge >= 0.3 is 5.97 Å². The maximum absolute atomic E-state index is 12.0. The molecule has 3 amide bonds. The molecular weight excluding hydrogens is 372 g/mol. The molecule has 1 aromatic heterocycles. The van der Waals surface area contributed by atoms with Crippen LogP contribution in [0.1, 0.15) is 27.0 Å². The number of imide groups is 1. The van der Waals surface area contributed by atoms with E-state index in [1.807, 2.05) is 6.92 Å². The Balaban J connectivity index is 1.70. The molecule has 2 rings (SSSR count). The molecule has 0 atom stereocenters. The Morgan fingerprint density at radius 3 is 2.41 bits per heavy atom. The predicted octanol–water partition coefficient (Wildman–Crippen LogP) is 1.38. The number of thiophene rings is 1. The van der Waals surface area contributed by atoms with Gasteiger partial charge in [0.25, 0.3) is 17.7 Å². The highest BCUT2D eigenvalue weighted by Gasteiger charge is 2.14. The van der Waals surface area contributed by atoms with Crippen LogP contribution in [0.15, 0.2) is 41.8 Å². The van der Waals surface area contributed by atoms with Crippen molar-refractivity contribution in [1.29, 1.82) is 0 Å². The second-order valence-electron chi connectivity index (χ2n) is 5.16. The normalized spacial score (nSPS) is 9.96. The fraction of sp³-hybridized carbons (Fsp3) is 0.222. The third kappa shape index (κ3) is 6.55. The van der Waals surface area contributed by atoms with Crippen LogP contribution in [-0.4, -0.2) is 43.4 Å². The third-order valence-electron chi connectivity index (χ3n) is 3.18. The average molecular weight is 390 g/mol. The van der Waals surface area contributed by atoms with Crippen molar-refractivity contribution in [2.24, 2.45) is 0 Å². The predicted molar refractivity (Wildman–Crippen MR) is 97.7 cm³/mol. The molecular formula is C18H18N2O6S. The fourth-order valence-corrected chi connectivity index (χ4v) is 2.57. The first kappa shape index (κ1) is 20.1. The summed E-state index contributed by atoms with van der Waals surface area (Å²) in [5.74, 6) is -1.94. The van der Waals surface area contributed by atoms with Crippen molar-refractivity contribution >= 4 is 35.0 Å². The quantitative estimate of drug-likeness (QED) is 0.659. The van der Waals surface area contributed by atoms with Gasteiger partial charge in [0.15, 0.2) is 6.61 Å². The van der Waals surface area contributed by atoms with E-state index in [0.717, 1.165) is 0 Å². The van der Waals surface area contributed by atoms with E-state index < -0.39 is 36.8 Å². The summed E-state index contributed by atoms with van der Waals surface area (Å²) in [4.78, 5) is 47.2. The molecule has 0 aliphatic rings. The van der Waals surface area contributed by atoms with Crippen LogP contribution in [0.4, 0.5) is 0 Å². The van der Waals surface area contributed by atoms with Crippen LogP contribution < -0.4 is 15.4 Å². The molecule has 1 aromatic carbocycles. The topological polar surface area (TPSA) is 111 Å². The first-order chi connectivity index (χ1) is 13.0. The molecule has 0 unspecified atom stereocenters. The van der Waals surface area contributed by atoms with E-state index in [2.05, 4.69) is 10.6 Å². The molecule has 2 N–H and O–H groups in total. The number of benzene rings is 1. The highest BCUT2D eigenvalue weighted by atomic mass is 32.1. The lowest BCUT2D eigenvalue weighted by atomic mass is 10.2. The van der Waals surface area contributed by atoms with Crippen LogP contribution in [-0.2, 0) is 14.3 Å². The van der Waals surface area contributed by atoms with E-state index in [-0.39, 0.29) is 0 Å². The Morgan fingerprint density at radius 2 is 1.78 bits per heavy atom. The Hall–Kier alpha value is -3.20. The molecule has 9 heteroatoms. The second-order valence-corrected chi connectivity index (χ2v) is 6.10. The SMILES string of the molecule is CCOc1ccc(C(=O)NCC(=O)OCC(=O)NC(=O)c2cccs2)cc1. The van der Waals surface area contributed by atoms with Crippen LogP contribution in [0.2, 0.25) is 0 Å². The van der Waals surface area contributed by atoms with Crippen LogP contribution >= 0.6 is 11.3 Å². The van der Waals surface area contributed by atoms with Crippen molar-refractivity contribution < 1.29 is 28.7 Å². The summed E-state index contributed by atoms with van der Waals surface area (Å²) in [6, 6.07) is 9.66. The van der Waals surface area contributed by atoms with E-state index in [1.54, 1.807) is 41.8 Å². The van der Waals surface area contributed by atoms with Gasteiger partial charge < -0.3 is 14.8 Å². The highest BCUT2D eigenvalue weighted by Crippen LogP contribution is 2.11. The summed E-state index contributed by atoms with van der Waals surface area (Å²) in [5.41, 5.74) is 0.352. The number of carbonyl (C=O) groups is 4. The lowest BCUT2D eigenvalue weighted by Gasteiger charge is -2.07. The van der Waals surface area contributed by atoms with Gasteiger partial charge in [-0.05, 0) is 42.6 Å². The number of carbonyl (C=O) groups excluding carboxylic acids is 4. The third-order valence-corrected chi connectivity index (χ3v) is 4.05. The Bertz CT molecular complexity index is 802. The zero-order valence-corrected chi connectivity index (χ0v) is 15.3. The second kappa shape index (κ2) is 10.1. The molecule has 0 fully saturated rings. The smallest absolute Gasteiger partial charge is 0.325 e. The van der Waals surface area contributed by atoms with Crippen molar-refractivity contribution in [1.82, 2.24) is 10.6 Å². The fourth-order valence-electron chi connectivity index (χ4n) is 1.95. The van der Waals surface area contributed by atoms with Crippen LogP contribution in [0.25, 0.3) is 0 Å². The van der Waals surface area contributed by atoms with Crippen molar-refractivity contribution in [3.8, 4) is 5.75 Å². The minimum absolute atomic E-state index is 0.352. The first-order valence-corrected chi connectivity index (χ1v) is 8.92. The van der Waals surface area contributed by atoms with Crippen LogP contribution in [0.3, 0.4) is 0 Å². The summed E-state index contributed by atoms with van der Waals surface area (Å²) in [5, 5.41) is 6.19. The molecule has 0 spiro atoms. The average Bonchev–Trinajstić information content (AvgIpc) is 3.20. The summed E-state index contributed by atoms with van der Waals surface area (Å²) in [6.45, 7) is 1.35. The van der Waals surface area contributed by atoms with Crippen LogP contribution in [0, 0.1) is 0 Å². The monoisotopic (exact) mass is 390 g/mol. The van der Waals surface area contributed by atoms with Gasteiger partial charge in [0.05, 0.1) is 11.5 Å². The van der Waals surface area contributed by atoms with E-state index >= 15 is 0 Å². The number of amides is 3. The standard InChI is InChI=1S/C18H18N2O6S/c1-2-25-13-7-5-12(6-8-13)17(23)19-10-16(22)26-11-15(21)20-18(24)14-4-3-9-27-14/h3-9H,2,10-11H2,1H3,(H,19,23)(H,20,21,24). The number of esters is 1. The highest BCUT2D eigenvalue weighted by molar-refractivity contribution is 7.12. The molecule has 27 heavy (non-hydrogen) atoms. The minimum atomic E-state index is -0.798. The van der Waals surface area contributed by atoms with Gasteiger partial charge in [-0.1, -0.05) is 6.07 Å². The Morgan fingerprint density at radius 1 is 1.04 bits per heavy atom. The van der Waals surface area contributed by atoms with Crippen LogP contribution in [0.5, 0.6) is 5.75 Å². The number of hydrogen-bond donors (Lipinski definition) is 2. The summed E-state index contributed by atoms with van der Waals surface area (Å²) < 4.78 is 10.0.